The SMILES string of the molecule is CS(=O)(=O)O[C@H]1[C@H](O)[C@@H](O)[C@@H](O[C@@H]2O[C@@H](CO)[C@H](O)[C@@H](O)[C@@H]2O)O[C@@H]1CF. The van der Waals surface area contributed by atoms with E-state index in [1.54, 1.807) is 0 Å². The summed E-state index contributed by atoms with van der Waals surface area (Å²) in [6.07, 6.45) is -16.7. The second kappa shape index (κ2) is 8.87. The first-order valence-corrected chi connectivity index (χ1v) is 9.73. The highest BCUT2D eigenvalue weighted by atomic mass is 32.2. The number of hydrogen-bond acceptors (Lipinski definition) is 12. The molecule has 12 nitrogen and oxygen atoms in total. The molecule has 0 saturated carbocycles. The molecule has 2 rings (SSSR count). The van der Waals surface area contributed by atoms with Crippen LogP contribution in [0.4, 0.5) is 4.39 Å². The molecule has 10 atom stereocenters. The van der Waals surface area contributed by atoms with Gasteiger partial charge in [-0.2, -0.15) is 8.42 Å². The van der Waals surface area contributed by atoms with Gasteiger partial charge in [0.05, 0.1) is 12.9 Å². The van der Waals surface area contributed by atoms with E-state index in [2.05, 4.69) is 4.18 Å². The maximum Gasteiger partial charge on any atom is 0.264 e. The van der Waals surface area contributed by atoms with Gasteiger partial charge in [-0.25, -0.2) is 4.39 Å². The van der Waals surface area contributed by atoms with E-state index < -0.39 is 84.8 Å². The van der Waals surface area contributed by atoms with Crippen LogP contribution in [0.2, 0.25) is 0 Å². The summed E-state index contributed by atoms with van der Waals surface area (Å²) in [4.78, 5) is 0. The zero-order valence-electron chi connectivity index (χ0n) is 14.1. The fraction of sp³-hybridized carbons (Fsp3) is 1.00. The van der Waals surface area contributed by atoms with Gasteiger partial charge in [-0.05, 0) is 0 Å². The molecule has 0 amide bonds. The monoisotopic (exact) mass is 422 g/mol. The molecule has 2 heterocycles. The highest BCUT2D eigenvalue weighted by Crippen LogP contribution is 2.29. The Morgan fingerprint density at radius 1 is 0.889 bits per heavy atom. The van der Waals surface area contributed by atoms with E-state index in [1.807, 2.05) is 0 Å². The molecule has 0 unspecified atom stereocenters. The Bertz CT molecular complexity index is 586. The fourth-order valence-corrected chi connectivity index (χ4v) is 3.42. The first-order chi connectivity index (χ1) is 12.5. The van der Waals surface area contributed by atoms with Crippen molar-refractivity contribution >= 4 is 10.1 Å². The van der Waals surface area contributed by atoms with Crippen LogP contribution in [0.3, 0.4) is 0 Å². The minimum atomic E-state index is -4.11. The van der Waals surface area contributed by atoms with Crippen molar-refractivity contribution in [1.82, 2.24) is 0 Å². The summed E-state index contributed by atoms with van der Waals surface area (Å²) in [5.74, 6) is 0. The van der Waals surface area contributed by atoms with Crippen molar-refractivity contribution in [3.8, 4) is 0 Å². The molecule has 160 valence electrons. The molecule has 0 aliphatic carbocycles. The minimum absolute atomic E-state index is 0.665. The molecule has 2 aliphatic heterocycles. The van der Waals surface area contributed by atoms with Gasteiger partial charge in [0.1, 0.15) is 55.5 Å². The normalized spacial score (nSPS) is 46.4. The van der Waals surface area contributed by atoms with Crippen LogP contribution in [0, 0.1) is 0 Å². The predicted molar refractivity (Wildman–Crippen MR) is 81.2 cm³/mol. The molecule has 27 heavy (non-hydrogen) atoms. The summed E-state index contributed by atoms with van der Waals surface area (Å²) in [5, 5.41) is 58.6. The molecule has 0 aromatic rings. The van der Waals surface area contributed by atoms with Gasteiger partial charge in [0.2, 0.25) is 0 Å². The lowest BCUT2D eigenvalue weighted by Crippen LogP contribution is -2.64. The Morgan fingerprint density at radius 2 is 1.41 bits per heavy atom. The van der Waals surface area contributed by atoms with E-state index in [9.17, 15) is 38.3 Å². The molecule has 2 aliphatic rings. The third-order valence-electron chi connectivity index (χ3n) is 4.20. The summed E-state index contributed by atoms with van der Waals surface area (Å²) >= 11 is 0. The fourth-order valence-electron chi connectivity index (χ4n) is 2.77. The van der Waals surface area contributed by atoms with Crippen molar-refractivity contribution in [1.29, 1.82) is 0 Å². The lowest BCUT2D eigenvalue weighted by Gasteiger charge is -2.44. The van der Waals surface area contributed by atoms with Crippen LogP contribution in [0.25, 0.3) is 0 Å². The third-order valence-corrected chi connectivity index (χ3v) is 4.77. The number of aliphatic hydroxyl groups excluding tert-OH is 6. The second-order valence-corrected chi connectivity index (χ2v) is 7.88. The molecule has 0 aromatic carbocycles. The first-order valence-electron chi connectivity index (χ1n) is 7.92. The lowest BCUT2D eigenvalue weighted by molar-refractivity contribution is -0.374. The highest BCUT2D eigenvalue weighted by Gasteiger charge is 2.51. The zero-order valence-corrected chi connectivity index (χ0v) is 14.9. The standard InChI is InChI=1S/C13H23FO12S/c1-27(21,22)26-11-4(2-14)23-13(10(20)8(11)18)25-12-9(19)7(17)6(16)5(3-15)24-12/h4-13,15-20H,2-3H2,1H3/t4-,5+,6+,7-,8-,9+,10-,11-,12+,13-/m1/s1. The predicted octanol–water partition coefficient (Wildman–Crippen LogP) is -4.44. The molecule has 0 aromatic heterocycles. The quantitative estimate of drug-likeness (QED) is 0.225. The van der Waals surface area contributed by atoms with Crippen LogP contribution in [-0.4, -0.2) is 120 Å². The Kier molecular flexibility index (Phi) is 7.48. The molecule has 6 N–H and O–H groups in total. The van der Waals surface area contributed by atoms with Crippen molar-refractivity contribution in [3.05, 3.63) is 0 Å². The largest absolute Gasteiger partial charge is 0.394 e. The van der Waals surface area contributed by atoms with E-state index in [-0.39, 0.29) is 0 Å². The maximum absolute atomic E-state index is 13.2. The Labute approximate surface area is 153 Å². The molecule has 2 saturated heterocycles. The van der Waals surface area contributed by atoms with Crippen molar-refractivity contribution < 1.29 is 61.8 Å². The van der Waals surface area contributed by atoms with Crippen LogP contribution in [0.5, 0.6) is 0 Å². The van der Waals surface area contributed by atoms with Gasteiger partial charge in [0, 0.05) is 0 Å². The van der Waals surface area contributed by atoms with E-state index in [1.165, 1.54) is 0 Å². The summed E-state index contributed by atoms with van der Waals surface area (Å²) in [6.45, 7) is -2.04. The number of ether oxygens (including phenoxy) is 3. The summed E-state index contributed by atoms with van der Waals surface area (Å²) in [5.41, 5.74) is 0. The highest BCUT2D eigenvalue weighted by molar-refractivity contribution is 7.86. The summed E-state index contributed by atoms with van der Waals surface area (Å²) < 4.78 is 55.5. The second-order valence-electron chi connectivity index (χ2n) is 6.28. The Morgan fingerprint density at radius 3 is 1.89 bits per heavy atom. The van der Waals surface area contributed by atoms with Gasteiger partial charge in [-0.3, -0.25) is 4.18 Å². The smallest absolute Gasteiger partial charge is 0.264 e. The molecular formula is C13H23FO12S. The molecule has 14 heteroatoms. The van der Waals surface area contributed by atoms with Gasteiger partial charge in [-0.15, -0.1) is 0 Å². The molecule has 0 bridgehead atoms. The number of halogens is 1. The van der Waals surface area contributed by atoms with Crippen molar-refractivity contribution in [3.63, 3.8) is 0 Å². The summed E-state index contributed by atoms with van der Waals surface area (Å²) in [7, 11) is -4.11. The zero-order chi connectivity index (χ0) is 20.5. The Balaban J connectivity index is 2.13. The van der Waals surface area contributed by atoms with Crippen molar-refractivity contribution in [2.75, 3.05) is 19.5 Å². The topological polar surface area (TPSA) is 192 Å². The van der Waals surface area contributed by atoms with Crippen LogP contribution in [-0.2, 0) is 28.5 Å². The van der Waals surface area contributed by atoms with Crippen LogP contribution < -0.4 is 0 Å². The van der Waals surface area contributed by atoms with Gasteiger partial charge < -0.3 is 44.8 Å². The van der Waals surface area contributed by atoms with Gasteiger partial charge in [0.15, 0.2) is 12.6 Å². The molecule has 2 fully saturated rings. The van der Waals surface area contributed by atoms with E-state index in [0.717, 1.165) is 0 Å². The van der Waals surface area contributed by atoms with E-state index in [0.29, 0.717) is 6.26 Å². The average molecular weight is 422 g/mol. The van der Waals surface area contributed by atoms with Crippen LogP contribution in [0.15, 0.2) is 0 Å². The van der Waals surface area contributed by atoms with Gasteiger partial charge in [0.25, 0.3) is 10.1 Å². The number of hydrogen-bond donors (Lipinski definition) is 6. The summed E-state index contributed by atoms with van der Waals surface area (Å²) in [6, 6.07) is 0. The van der Waals surface area contributed by atoms with Crippen LogP contribution >= 0.6 is 0 Å². The first kappa shape index (κ1) is 22.8. The van der Waals surface area contributed by atoms with Crippen molar-refractivity contribution in [2.45, 2.75) is 61.4 Å². The molecule has 0 radical (unpaired) electrons. The Hall–Kier alpha value is -0.520. The number of alkyl halides is 1. The lowest BCUT2D eigenvalue weighted by atomic mass is 9.98. The number of rotatable bonds is 6. The van der Waals surface area contributed by atoms with Gasteiger partial charge >= 0.3 is 0 Å². The molecule has 0 spiro atoms. The number of aliphatic hydroxyl groups is 6. The van der Waals surface area contributed by atoms with E-state index in [4.69, 9.17) is 19.3 Å². The average Bonchev–Trinajstić information content (AvgIpc) is 2.60. The van der Waals surface area contributed by atoms with Crippen LogP contribution in [0.1, 0.15) is 0 Å². The third kappa shape index (κ3) is 5.10. The molecular weight excluding hydrogens is 399 g/mol. The van der Waals surface area contributed by atoms with Gasteiger partial charge in [-0.1, -0.05) is 0 Å². The van der Waals surface area contributed by atoms with E-state index >= 15 is 0 Å². The van der Waals surface area contributed by atoms with Crippen molar-refractivity contribution in [2.24, 2.45) is 0 Å². The maximum atomic E-state index is 13.2. The minimum Gasteiger partial charge on any atom is -0.394 e.